The Hall–Kier alpha value is -2.67. The van der Waals surface area contributed by atoms with Crippen molar-refractivity contribution in [2.45, 2.75) is 59.1 Å². The highest BCUT2D eigenvalue weighted by molar-refractivity contribution is 5.43. The summed E-state index contributed by atoms with van der Waals surface area (Å²) in [7, 11) is 0. The third-order valence-electron chi connectivity index (χ3n) is 5.66. The van der Waals surface area contributed by atoms with E-state index < -0.39 is 6.10 Å². The first-order valence-corrected chi connectivity index (χ1v) is 12.5. The van der Waals surface area contributed by atoms with Crippen molar-refractivity contribution in [3.63, 3.8) is 0 Å². The van der Waals surface area contributed by atoms with Crippen LogP contribution in [0.2, 0.25) is 0 Å². The molecule has 0 saturated heterocycles. The average Bonchev–Trinajstić information content (AvgIpc) is 3.20. The van der Waals surface area contributed by atoms with Gasteiger partial charge in [-0.15, -0.1) is 0 Å². The molecule has 0 amide bonds. The molecular weight excluding hydrogens is 426 g/mol. The lowest BCUT2D eigenvalue weighted by Gasteiger charge is -2.25. The van der Waals surface area contributed by atoms with Crippen LogP contribution in [-0.2, 0) is 17.7 Å². The largest absolute Gasteiger partial charge is 0.439 e. The van der Waals surface area contributed by atoms with Crippen molar-refractivity contribution < 1.29 is 14.6 Å². The number of hydrogen-bond acceptors (Lipinski definition) is 5. The van der Waals surface area contributed by atoms with E-state index in [0.29, 0.717) is 26.3 Å². The van der Waals surface area contributed by atoms with E-state index in [9.17, 15) is 5.11 Å². The van der Waals surface area contributed by atoms with E-state index in [0.717, 1.165) is 60.8 Å². The van der Waals surface area contributed by atoms with Gasteiger partial charge in [-0.05, 0) is 50.1 Å². The summed E-state index contributed by atoms with van der Waals surface area (Å²) in [5, 5.41) is 15.6. The molecule has 0 aliphatic heterocycles. The molecule has 0 saturated carbocycles. The summed E-state index contributed by atoms with van der Waals surface area (Å²) in [6.45, 7) is 9.54. The molecule has 3 rings (SSSR count). The van der Waals surface area contributed by atoms with E-state index in [1.54, 1.807) is 0 Å². The monoisotopic (exact) mass is 465 g/mol. The minimum absolute atomic E-state index is 0.359. The van der Waals surface area contributed by atoms with Gasteiger partial charge in [-0.2, -0.15) is 5.10 Å². The van der Waals surface area contributed by atoms with Crippen molar-refractivity contribution in [3.8, 4) is 17.3 Å². The molecule has 0 unspecified atom stereocenters. The van der Waals surface area contributed by atoms with Crippen LogP contribution in [-0.4, -0.2) is 52.2 Å². The van der Waals surface area contributed by atoms with Crippen molar-refractivity contribution in [2.75, 3.05) is 26.3 Å². The molecule has 1 heterocycles. The zero-order valence-electron chi connectivity index (χ0n) is 20.8. The summed E-state index contributed by atoms with van der Waals surface area (Å²) < 4.78 is 14.0. The van der Waals surface area contributed by atoms with Crippen molar-refractivity contribution in [3.05, 3.63) is 71.9 Å². The summed E-state index contributed by atoms with van der Waals surface area (Å²) in [4.78, 5) is 2.28. The van der Waals surface area contributed by atoms with Crippen LogP contribution in [0.25, 0.3) is 5.69 Å². The maximum Gasteiger partial charge on any atom is 0.227 e. The van der Waals surface area contributed by atoms with Gasteiger partial charge >= 0.3 is 0 Å². The number of hydrogen-bond donors (Lipinski definition) is 1. The van der Waals surface area contributed by atoms with E-state index in [-0.39, 0.29) is 0 Å². The van der Waals surface area contributed by atoms with Gasteiger partial charge in [0.05, 0.1) is 29.7 Å². The van der Waals surface area contributed by atoms with Crippen LogP contribution >= 0.6 is 0 Å². The Morgan fingerprint density at radius 1 is 0.971 bits per heavy atom. The molecule has 0 fully saturated rings. The van der Waals surface area contributed by atoms with Crippen molar-refractivity contribution in [1.82, 2.24) is 14.7 Å². The van der Waals surface area contributed by atoms with Gasteiger partial charge in [0, 0.05) is 19.7 Å². The Balaban J connectivity index is 1.88. The first-order chi connectivity index (χ1) is 16.7. The first-order valence-electron chi connectivity index (χ1n) is 12.5. The van der Waals surface area contributed by atoms with Crippen LogP contribution in [0.1, 0.15) is 51.3 Å². The summed E-state index contributed by atoms with van der Waals surface area (Å²) in [5.41, 5.74) is 3.02. The first kappa shape index (κ1) is 25.9. The van der Waals surface area contributed by atoms with Gasteiger partial charge in [0.15, 0.2) is 0 Å². The summed E-state index contributed by atoms with van der Waals surface area (Å²) >= 11 is 0. The number of para-hydroxylation sites is 2. The molecule has 34 heavy (non-hydrogen) atoms. The molecule has 184 valence electrons. The fourth-order valence-electron chi connectivity index (χ4n) is 3.96. The molecule has 6 heteroatoms. The van der Waals surface area contributed by atoms with Gasteiger partial charge in [-0.3, -0.25) is 4.90 Å². The predicted molar refractivity (Wildman–Crippen MR) is 137 cm³/mol. The van der Waals surface area contributed by atoms with Crippen LogP contribution in [0.4, 0.5) is 0 Å². The highest BCUT2D eigenvalue weighted by Gasteiger charge is 2.23. The SMILES string of the molecule is CCCCOC[C@H](O)CN(CCC)Cc1c(CC)nn(-c2ccccc2)c1Oc1ccccc1. The fraction of sp³-hybridized carbons (Fsp3) is 0.464. The fourth-order valence-corrected chi connectivity index (χ4v) is 3.96. The highest BCUT2D eigenvalue weighted by atomic mass is 16.5. The summed E-state index contributed by atoms with van der Waals surface area (Å²) in [6, 6.07) is 19.9. The molecule has 2 aromatic carbocycles. The van der Waals surface area contributed by atoms with Crippen molar-refractivity contribution >= 4 is 0 Å². The third-order valence-corrected chi connectivity index (χ3v) is 5.66. The Kier molecular flexibility index (Phi) is 10.6. The molecule has 0 aliphatic rings. The zero-order valence-corrected chi connectivity index (χ0v) is 20.8. The summed E-state index contributed by atoms with van der Waals surface area (Å²) in [5.74, 6) is 1.50. The lowest BCUT2D eigenvalue weighted by molar-refractivity contribution is 0.0143. The standard InChI is InChI=1S/C28H39N3O3/c1-4-7-19-33-22-24(32)20-30(18-5-2)21-26-27(6-3)29-31(23-14-10-8-11-15-23)28(26)34-25-16-12-9-13-17-25/h8-17,24,32H,4-7,18-22H2,1-3H3/t24-/m1/s1. The van der Waals surface area contributed by atoms with Crippen LogP contribution in [0.3, 0.4) is 0 Å². The minimum Gasteiger partial charge on any atom is -0.439 e. The molecule has 0 aliphatic carbocycles. The van der Waals surface area contributed by atoms with Gasteiger partial charge in [0.25, 0.3) is 0 Å². The van der Waals surface area contributed by atoms with Gasteiger partial charge in [0.2, 0.25) is 5.88 Å². The van der Waals surface area contributed by atoms with Crippen LogP contribution in [0, 0.1) is 0 Å². The molecule has 6 nitrogen and oxygen atoms in total. The van der Waals surface area contributed by atoms with E-state index in [4.69, 9.17) is 14.6 Å². The van der Waals surface area contributed by atoms with Crippen LogP contribution in [0.15, 0.2) is 60.7 Å². The quantitative estimate of drug-likeness (QED) is 0.295. The van der Waals surface area contributed by atoms with Gasteiger partial charge in [0.1, 0.15) is 5.75 Å². The Bertz CT molecular complexity index is 960. The normalized spacial score (nSPS) is 12.3. The minimum atomic E-state index is -0.531. The maximum atomic E-state index is 10.6. The molecule has 0 radical (unpaired) electrons. The molecule has 1 aromatic heterocycles. The molecule has 1 N–H and O–H groups in total. The van der Waals surface area contributed by atoms with Crippen LogP contribution in [0.5, 0.6) is 11.6 Å². The average molecular weight is 466 g/mol. The topological polar surface area (TPSA) is 59.8 Å². The van der Waals surface area contributed by atoms with E-state index in [2.05, 4.69) is 25.7 Å². The Morgan fingerprint density at radius 3 is 2.32 bits per heavy atom. The number of rotatable bonds is 15. The van der Waals surface area contributed by atoms with Gasteiger partial charge < -0.3 is 14.6 Å². The number of aromatic nitrogens is 2. The van der Waals surface area contributed by atoms with Gasteiger partial charge in [-0.1, -0.05) is 63.6 Å². The molecule has 1 atom stereocenters. The van der Waals surface area contributed by atoms with Crippen LogP contribution < -0.4 is 4.74 Å². The van der Waals surface area contributed by atoms with E-state index in [1.807, 2.05) is 65.3 Å². The smallest absolute Gasteiger partial charge is 0.227 e. The molecule has 3 aromatic rings. The lowest BCUT2D eigenvalue weighted by Crippen LogP contribution is -2.35. The second-order valence-electron chi connectivity index (χ2n) is 8.56. The van der Waals surface area contributed by atoms with Crippen molar-refractivity contribution in [2.24, 2.45) is 0 Å². The molecule has 0 bridgehead atoms. The number of aliphatic hydroxyl groups is 1. The van der Waals surface area contributed by atoms with Crippen molar-refractivity contribution in [1.29, 1.82) is 0 Å². The molecular formula is C28H39N3O3. The predicted octanol–water partition coefficient (Wildman–Crippen LogP) is 5.62. The number of aryl methyl sites for hydroxylation is 1. The second-order valence-corrected chi connectivity index (χ2v) is 8.56. The van der Waals surface area contributed by atoms with E-state index in [1.165, 1.54) is 0 Å². The van der Waals surface area contributed by atoms with E-state index >= 15 is 0 Å². The number of aliphatic hydroxyl groups excluding tert-OH is 1. The maximum absolute atomic E-state index is 10.6. The molecule has 0 spiro atoms. The third kappa shape index (κ3) is 7.42. The Morgan fingerprint density at radius 2 is 1.68 bits per heavy atom. The second kappa shape index (κ2) is 13.9. The number of nitrogens with zero attached hydrogens (tertiary/aromatic N) is 3. The number of ether oxygens (including phenoxy) is 2. The lowest BCUT2D eigenvalue weighted by atomic mass is 10.1. The number of unbranched alkanes of at least 4 members (excludes halogenated alkanes) is 1. The summed E-state index contributed by atoms with van der Waals surface area (Å²) in [6.07, 6.45) is 3.36. The highest BCUT2D eigenvalue weighted by Crippen LogP contribution is 2.32. The Labute approximate surface area is 204 Å². The van der Waals surface area contributed by atoms with Gasteiger partial charge in [-0.25, -0.2) is 4.68 Å². The zero-order chi connectivity index (χ0) is 24.2. The number of benzene rings is 2.